The van der Waals surface area contributed by atoms with Crippen molar-refractivity contribution in [3.63, 3.8) is 0 Å². The molecule has 0 fully saturated rings. The van der Waals surface area contributed by atoms with Crippen LogP contribution in [0, 0.1) is 5.41 Å². The fraction of sp³-hybridized carbons (Fsp3) is 0.647. The molecule has 0 aromatic heterocycles. The lowest BCUT2D eigenvalue weighted by Gasteiger charge is -2.31. The molecule has 0 atom stereocenters. The van der Waals surface area contributed by atoms with Crippen molar-refractivity contribution in [1.82, 2.24) is 10.6 Å². The maximum atomic E-state index is 4.07. The molecule has 0 amide bonds. The van der Waals surface area contributed by atoms with Crippen LogP contribution in [0.25, 0.3) is 0 Å². The van der Waals surface area contributed by atoms with Crippen LogP contribution in [0.1, 0.15) is 53.4 Å². The molecule has 19 heavy (non-hydrogen) atoms. The Morgan fingerprint density at radius 1 is 0.895 bits per heavy atom. The van der Waals surface area contributed by atoms with Crippen molar-refractivity contribution in [3.8, 4) is 0 Å². The van der Waals surface area contributed by atoms with E-state index in [1.54, 1.807) is 0 Å². The minimum atomic E-state index is 0.365. The lowest BCUT2D eigenvalue weighted by molar-refractivity contribution is 0.373. The second-order valence-electron chi connectivity index (χ2n) is 6.58. The van der Waals surface area contributed by atoms with Gasteiger partial charge in [-0.15, -0.1) is 0 Å². The predicted molar refractivity (Wildman–Crippen MR) is 84.9 cm³/mol. The first-order valence-electron chi connectivity index (χ1n) is 7.47. The molecule has 2 heteroatoms. The van der Waals surface area contributed by atoms with E-state index in [9.17, 15) is 0 Å². The molecule has 1 aliphatic rings. The van der Waals surface area contributed by atoms with Crippen molar-refractivity contribution in [3.05, 3.63) is 35.7 Å². The highest BCUT2D eigenvalue weighted by Crippen LogP contribution is 2.33. The largest absolute Gasteiger partial charge is 0.383 e. The van der Waals surface area contributed by atoms with Crippen LogP contribution in [0.4, 0.5) is 0 Å². The van der Waals surface area contributed by atoms with Crippen molar-refractivity contribution < 1.29 is 0 Å². The molecule has 0 saturated carbocycles. The van der Waals surface area contributed by atoms with Crippen LogP contribution in [0.5, 0.6) is 0 Å². The van der Waals surface area contributed by atoms with Crippen molar-refractivity contribution in [2.75, 3.05) is 13.1 Å². The molecule has 1 aliphatic carbocycles. The van der Waals surface area contributed by atoms with Gasteiger partial charge >= 0.3 is 0 Å². The minimum Gasteiger partial charge on any atom is -0.383 e. The molecule has 0 saturated heterocycles. The summed E-state index contributed by atoms with van der Waals surface area (Å²) in [5.41, 5.74) is 4.84. The Labute approximate surface area is 119 Å². The Morgan fingerprint density at radius 3 is 1.89 bits per heavy atom. The summed E-state index contributed by atoms with van der Waals surface area (Å²) in [6, 6.07) is 0. The third-order valence-electron chi connectivity index (χ3n) is 3.48. The number of hydrogen-bond acceptors (Lipinski definition) is 2. The van der Waals surface area contributed by atoms with E-state index in [-0.39, 0.29) is 0 Å². The van der Waals surface area contributed by atoms with Crippen LogP contribution in [0.3, 0.4) is 0 Å². The Morgan fingerprint density at radius 2 is 1.42 bits per heavy atom. The summed E-state index contributed by atoms with van der Waals surface area (Å²) in [4.78, 5) is 0. The van der Waals surface area contributed by atoms with Gasteiger partial charge in [0.2, 0.25) is 0 Å². The molecule has 0 radical (unpaired) electrons. The van der Waals surface area contributed by atoms with Gasteiger partial charge in [0.1, 0.15) is 0 Å². The predicted octanol–water partition coefficient (Wildman–Crippen LogP) is 4.13. The summed E-state index contributed by atoms with van der Waals surface area (Å²) in [6.45, 7) is 19.2. The van der Waals surface area contributed by atoms with Crippen molar-refractivity contribution >= 4 is 0 Å². The maximum Gasteiger partial charge on any atom is 0.0656 e. The molecule has 1 rings (SSSR count). The average Bonchev–Trinajstić information content (AvgIpc) is 2.34. The van der Waals surface area contributed by atoms with Crippen LogP contribution >= 0.6 is 0 Å². The zero-order valence-electron chi connectivity index (χ0n) is 13.2. The van der Waals surface area contributed by atoms with Gasteiger partial charge in [-0.3, -0.25) is 0 Å². The van der Waals surface area contributed by atoms with Gasteiger partial charge in [-0.05, 0) is 18.3 Å². The van der Waals surface area contributed by atoms with Crippen molar-refractivity contribution in [2.45, 2.75) is 53.4 Å². The summed E-state index contributed by atoms with van der Waals surface area (Å²) in [5.74, 6) is 0. The van der Waals surface area contributed by atoms with Crippen LogP contribution in [-0.4, -0.2) is 13.1 Å². The van der Waals surface area contributed by atoms with Gasteiger partial charge in [0.25, 0.3) is 0 Å². The number of rotatable bonds is 8. The zero-order valence-corrected chi connectivity index (χ0v) is 13.2. The lowest BCUT2D eigenvalue weighted by atomic mass is 9.88. The monoisotopic (exact) mass is 262 g/mol. The summed E-state index contributed by atoms with van der Waals surface area (Å²) in [6.07, 6.45) is 4.90. The van der Waals surface area contributed by atoms with E-state index < -0.39 is 0 Å². The molecular formula is C17H30N2. The second kappa shape index (κ2) is 6.83. The van der Waals surface area contributed by atoms with Gasteiger partial charge in [0.05, 0.1) is 11.4 Å². The Hall–Kier alpha value is -1.18. The third kappa shape index (κ3) is 4.77. The fourth-order valence-electron chi connectivity index (χ4n) is 2.08. The number of unbranched alkanes of at least 4 members (excludes halogenated alkanes) is 2. The Bertz CT molecular complexity index is 369. The highest BCUT2D eigenvalue weighted by Gasteiger charge is 2.26. The fourth-order valence-corrected chi connectivity index (χ4v) is 2.08. The zero-order chi connectivity index (χ0) is 14.5. The van der Waals surface area contributed by atoms with Gasteiger partial charge in [-0.25, -0.2) is 0 Å². The quantitative estimate of drug-likeness (QED) is 0.643. The normalized spacial score (nSPS) is 15.6. The van der Waals surface area contributed by atoms with Gasteiger partial charge in [0, 0.05) is 24.2 Å². The van der Waals surface area contributed by atoms with E-state index in [1.807, 2.05) is 0 Å². The van der Waals surface area contributed by atoms with Gasteiger partial charge in [-0.1, -0.05) is 53.7 Å². The molecule has 0 aliphatic heterocycles. The lowest BCUT2D eigenvalue weighted by Crippen LogP contribution is -2.34. The highest BCUT2D eigenvalue weighted by molar-refractivity contribution is 5.65. The van der Waals surface area contributed by atoms with E-state index in [1.165, 1.54) is 30.7 Å². The first kappa shape index (κ1) is 15.9. The summed E-state index contributed by atoms with van der Waals surface area (Å²) < 4.78 is 0. The van der Waals surface area contributed by atoms with Gasteiger partial charge in [-0.2, -0.15) is 0 Å². The standard InChI is InChI=1S/C17H30N2/c1-7-8-9-11-18-15-13(2)14(3)16(15)19-12-10-17(4,5)6/h18-19H,2-3,7-12H2,1,4-6H3. The molecule has 0 spiro atoms. The van der Waals surface area contributed by atoms with Crippen molar-refractivity contribution in [2.24, 2.45) is 5.41 Å². The Kier molecular flexibility index (Phi) is 5.71. The second-order valence-corrected chi connectivity index (χ2v) is 6.58. The summed E-state index contributed by atoms with van der Waals surface area (Å²) in [5, 5.41) is 6.99. The van der Waals surface area contributed by atoms with E-state index in [0.717, 1.165) is 30.7 Å². The molecule has 108 valence electrons. The smallest absolute Gasteiger partial charge is 0.0656 e. The van der Waals surface area contributed by atoms with Crippen LogP contribution in [0.2, 0.25) is 0 Å². The maximum absolute atomic E-state index is 4.07. The minimum absolute atomic E-state index is 0.365. The molecule has 0 aromatic carbocycles. The number of hydrogen-bond donors (Lipinski definition) is 2. The van der Waals surface area contributed by atoms with Gasteiger partial charge < -0.3 is 10.6 Å². The highest BCUT2D eigenvalue weighted by atomic mass is 15.0. The molecule has 0 heterocycles. The SMILES string of the molecule is C=C1C(=C)C(NCCC(C)(C)C)=C1NCCCCC. The van der Waals surface area contributed by atoms with E-state index in [2.05, 4.69) is 51.5 Å². The van der Waals surface area contributed by atoms with Crippen LogP contribution in [-0.2, 0) is 0 Å². The molecule has 0 aromatic rings. The number of allylic oxidation sites excluding steroid dienone is 2. The summed E-state index contributed by atoms with van der Waals surface area (Å²) in [7, 11) is 0. The van der Waals surface area contributed by atoms with E-state index in [4.69, 9.17) is 0 Å². The van der Waals surface area contributed by atoms with E-state index in [0.29, 0.717) is 5.41 Å². The molecule has 0 unspecified atom stereocenters. The van der Waals surface area contributed by atoms with Crippen LogP contribution < -0.4 is 10.6 Å². The third-order valence-corrected chi connectivity index (χ3v) is 3.48. The van der Waals surface area contributed by atoms with Crippen molar-refractivity contribution in [1.29, 1.82) is 0 Å². The molecule has 2 nitrogen and oxygen atoms in total. The molecule has 0 bridgehead atoms. The molecular weight excluding hydrogens is 232 g/mol. The summed E-state index contributed by atoms with van der Waals surface area (Å²) >= 11 is 0. The topological polar surface area (TPSA) is 24.1 Å². The first-order valence-corrected chi connectivity index (χ1v) is 7.47. The van der Waals surface area contributed by atoms with Gasteiger partial charge in [0.15, 0.2) is 0 Å². The first-order chi connectivity index (χ1) is 8.87. The Balaban J connectivity index is 2.45. The molecule has 2 N–H and O–H groups in total. The van der Waals surface area contributed by atoms with E-state index >= 15 is 0 Å². The average molecular weight is 262 g/mol. The number of nitrogens with one attached hydrogen (secondary N) is 2. The van der Waals surface area contributed by atoms with Crippen LogP contribution in [0.15, 0.2) is 35.7 Å².